The van der Waals surface area contributed by atoms with Crippen LogP contribution in [0.5, 0.6) is 5.75 Å². The van der Waals surface area contributed by atoms with Gasteiger partial charge in [0.25, 0.3) is 0 Å². The maximum Gasteiger partial charge on any atom is 0.133 e. The van der Waals surface area contributed by atoms with E-state index in [4.69, 9.17) is 4.74 Å². The smallest absolute Gasteiger partial charge is 0.133 e. The largest absolute Gasteiger partial charge is 0.492 e. The molecule has 0 aliphatic heterocycles. The van der Waals surface area contributed by atoms with E-state index in [1.807, 2.05) is 0 Å². The van der Waals surface area contributed by atoms with Crippen molar-refractivity contribution in [2.45, 2.75) is 38.9 Å². The fraction of sp³-hybridized carbons (Fsp3) is 0.600. The molecule has 2 unspecified atom stereocenters. The number of rotatable bonds is 6. The molecule has 1 nitrogen and oxygen atoms in total. The van der Waals surface area contributed by atoms with Crippen LogP contribution < -0.4 is 4.74 Å². The van der Waals surface area contributed by atoms with Gasteiger partial charge in [-0.05, 0) is 51.9 Å². The maximum absolute atomic E-state index is 5.67. The number of alkyl halides is 1. The summed E-state index contributed by atoms with van der Waals surface area (Å²) in [6, 6.07) is 6.35. The lowest BCUT2D eigenvalue weighted by Gasteiger charge is -2.22. The zero-order chi connectivity index (χ0) is 13.7. The number of hydrogen-bond donors (Lipinski definition) is 0. The normalized spacial score (nSPS) is 14.6. The van der Waals surface area contributed by atoms with Gasteiger partial charge in [-0.25, -0.2) is 0 Å². The first kappa shape index (κ1) is 16.0. The number of ether oxygens (including phenoxy) is 1. The van der Waals surface area contributed by atoms with Gasteiger partial charge in [-0.2, -0.15) is 0 Å². The number of halogens is 2. The summed E-state index contributed by atoms with van der Waals surface area (Å²) >= 11 is 7.39. The zero-order valence-corrected chi connectivity index (χ0v) is 14.7. The van der Waals surface area contributed by atoms with Crippen LogP contribution in [-0.4, -0.2) is 6.61 Å². The van der Waals surface area contributed by atoms with E-state index < -0.39 is 0 Å². The highest BCUT2D eigenvalue weighted by Crippen LogP contribution is 2.38. The van der Waals surface area contributed by atoms with Crippen LogP contribution in [0.3, 0.4) is 0 Å². The van der Waals surface area contributed by atoms with Crippen molar-refractivity contribution in [3.05, 3.63) is 28.2 Å². The molecule has 0 heterocycles. The third-order valence-corrected chi connectivity index (χ3v) is 5.23. The van der Waals surface area contributed by atoms with E-state index in [0.29, 0.717) is 16.7 Å². The first-order chi connectivity index (χ1) is 8.47. The Labute approximate surface area is 128 Å². The van der Waals surface area contributed by atoms with E-state index in [1.54, 1.807) is 0 Å². The van der Waals surface area contributed by atoms with Gasteiger partial charge in [0.2, 0.25) is 0 Å². The van der Waals surface area contributed by atoms with Crippen molar-refractivity contribution < 1.29 is 4.74 Å². The molecule has 0 aliphatic carbocycles. The van der Waals surface area contributed by atoms with E-state index >= 15 is 0 Å². The molecule has 0 bridgehead atoms. The van der Waals surface area contributed by atoms with Crippen LogP contribution in [-0.2, 0) is 0 Å². The highest BCUT2D eigenvalue weighted by Gasteiger charge is 2.19. The van der Waals surface area contributed by atoms with Gasteiger partial charge in [-0.3, -0.25) is 0 Å². The topological polar surface area (TPSA) is 9.23 Å². The van der Waals surface area contributed by atoms with Crippen LogP contribution in [0, 0.1) is 11.8 Å². The van der Waals surface area contributed by atoms with Gasteiger partial charge < -0.3 is 4.74 Å². The molecule has 0 aromatic heterocycles. The van der Waals surface area contributed by atoms with Gasteiger partial charge in [0.05, 0.1) is 11.1 Å². The van der Waals surface area contributed by atoms with Crippen LogP contribution in [0.1, 0.15) is 44.5 Å². The van der Waals surface area contributed by atoms with Crippen molar-refractivity contribution in [3.63, 3.8) is 0 Å². The van der Waals surface area contributed by atoms with Crippen LogP contribution in [0.15, 0.2) is 22.7 Å². The van der Waals surface area contributed by atoms with Crippen molar-refractivity contribution in [1.29, 1.82) is 0 Å². The third-order valence-electron chi connectivity index (χ3n) is 3.25. The molecule has 0 saturated carbocycles. The fourth-order valence-corrected chi connectivity index (χ4v) is 3.07. The highest BCUT2D eigenvalue weighted by molar-refractivity contribution is 9.10. The van der Waals surface area contributed by atoms with Crippen LogP contribution >= 0.6 is 31.9 Å². The molecule has 1 aromatic rings. The van der Waals surface area contributed by atoms with Crippen LogP contribution in [0.25, 0.3) is 0 Å². The predicted octanol–water partition coefficient (Wildman–Crippen LogP) is 5.97. The standard InChI is InChI=1S/C15H22Br2O/c1-5-8-18-14-7-6-12(9-13(14)16)15(17)11(4)10(2)3/h6-7,9-11,15H,5,8H2,1-4H3. The third kappa shape index (κ3) is 4.27. The summed E-state index contributed by atoms with van der Waals surface area (Å²) in [5.74, 6) is 2.18. The molecular weight excluding hydrogens is 356 g/mol. The lowest BCUT2D eigenvalue weighted by molar-refractivity contribution is 0.315. The van der Waals surface area contributed by atoms with Gasteiger partial charge in [0.15, 0.2) is 0 Å². The second kappa shape index (κ2) is 7.54. The number of benzene rings is 1. The molecule has 0 N–H and O–H groups in total. The van der Waals surface area contributed by atoms with E-state index in [-0.39, 0.29) is 0 Å². The molecule has 0 spiro atoms. The Kier molecular flexibility index (Phi) is 6.72. The molecule has 2 atom stereocenters. The predicted molar refractivity (Wildman–Crippen MR) is 85.6 cm³/mol. The molecule has 1 aromatic carbocycles. The summed E-state index contributed by atoms with van der Waals surface area (Å²) in [7, 11) is 0. The SMILES string of the molecule is CCCOc1ccc(C(Br)C(C)C(C)C)cc1Br. The minimum Gasteiger partial charge on any atom is -0.492 e. The average Bonchev–Trinajstić information content (AvgIpc) is 2.35. The van der Waals surface area contributed by atoms with E-state index in [0.717, 1.165) is 23.2 Å². The van der Waals surface area contributed by atoms with E-state index in [2.05, 4.69) is 77.8 Å². The zero-order valence-electron chi connectivity index (χ0n) is 11.5. The maximum atomic E-state index is 5.67. The van der Waals surface area contributed by atoms with Gasteiger partial charge in [-0.15, -0.1) is 0 Å². The van der Waals surface area contributed by atoms with E-state index in [1.165, 1.54) is 5.56 Å². The summed E-state index contributed by atoms with van der Waals surface area (Å²) in [6.45, 7) is 9.66. The monoisotopic (exact) mass is 376 g/mol. The van der Waals surface area contributed by atoms with Crippen molar-refractivity contribution >= 4 is 31.9 Å². The summed E-state index contributed by atoms with van der Waals surface area (Å²) in [6.07, 6.45) is 1.03. The second-order valence-electron chi connectivity index (χ2n) is 5.04. The van der Waals surface area contributed by atoms with Gasteiger partial charge >= 0.3 is 0 Å². The Morgan fingerprint density at radius 3 is 2.39 bits per heavy atom. The molecule has 0 saturated heterocycles. The Morgan fingerprint density at radius 1 is 1.22 bits per heavy atom. The molecule has 18 heavy (non-hydrogen) atoms. The minimum atomic E-state index is 0.383. The van der Waals surface area contributed by atoms with Crippen molar-refractivity contribution in [2.75, 3.05) is 6.61 Å². The molecule has 0 amide bonds. The Morgan fingerprint density at radius 2 is 1.89 bits per heavy atom. The quantitative estimate of drug-likeness (QED) is 0.555. The molecule has 3 heteroatoms. The van der Waals surface area contributed by atoms with Crippen molar-refractivity contribution in [3.8, 4) is 5.75 Å². The first-order valence-electron chi connectivity index (χ1n) is 6.53. The molecule has 0 fully saturated rings. The highest BCUT2D eigenvalue weighted by atomic mass is 79.9. The summed E-state index contributed by atoms with van der Waals surface area (Å²) < 4.78 is 6.70. The van der Waals surface area contributed by atoms with Crippen molar-refractivity contribution in [1.82, 2.24) is 0 Å². The lowest BCUT2D eigenvalue weighted by atomic mass is 9.91. The Balaban J connectivity index is 2.83. The van der Waals surface area contributed by atoms with Gasteiger partial charge in [-0.1, -0.05) is 49.7 Å². The lowest BCUT2D eigenvalue weighted by Crippen LogP contribution is -2.10. The molecule has 0 aliphatic rings. The molecule has 0 radical (unpaired) electrons. The van der Waals surface area contributed by atoms with Crippen LogP contribution in [0.4, 0.5) is 0 Å². The van der Waals surface area contributed by atoms with Gasteiger partial charge in [0, 0.05) is 4.83 Å². The van der Waals surface area contributed by atoms with Crippen LogP contribution in [0.2, 0.25) is 0 Å². The second-order valence-corrected chi connectivity index (χ2v) is 6.88. The molecular formula is C15H22Br2O. The molecule has 1 rings (SSSR count). The van der Waals surface area contributed by atoms with Crippen molar-refractivity contribution in [2.24, 2.45) is 11.8 Å². The van der Waals surface area contributed by atoms with E-state index in [9.17, 15) is 0 Å². The molecule has 102 valence electrons. The minimum absolute atomic E-state index is 0.383. The summed E-state index contributed by atoms with van der Waals surface area (Å²) in [4.78, 5) is 0.383. The summed E-state index contributed by atoms with van der Waals surface area (Å²) in [5.41, 5.74) is 1.30. The summed E-state index contributed by atoms with van der Waals surface area (Å²) in [5, 5.41) is 0. The Hall–Kier alpha value is -0.0200. The first-order valence-corrected chi connectivity index (χ1v) is 8.24. The van der Waals surface area contributed by atoms with Gasteiger partial charge in [0.1, 0.15) is 5.75 Å². The Bertz CT molecular complexity index is 377. The fourth-order valence-electron chi connectivity index (χ4n) is 1.66. The average molecular weight is 378 g/mol. The number of hydrogen-bond acceptors (Lipinski definition) is 1.